The zero-order valence-corrected chi connectivity index (χ0v) is 20.4. The summed E-state index contributed by atoms with van der Waals surface area (Å²) >= 11 is 0. The number of carbonyl (C=O) groups excluding carboxylic acids is 3. The van der Waals surface area contributed by atoms with Crippen LogP contribution in [0.15, 0.2) is 42.9 Å². The molecule has 0 saturated carbocycles. The third-order valence-corrected chi connectivity index (χ3v) is 5.62. The van der Waals surface area contributed by atoms with Crippen molar-refractivity contribution < 1.29 is 29.4 Å². The lowest BCUT2D eigenvalue weighted by molar-refractivity contribution is -0.142. The number of aromatic nitrogens is 2. The van der Waals surface area contributed by atoms with E-state index < -0.39 is 54.5 Å². The zero-order chi connectivity index (χ0) is 27.2. The van der Waals surface area contributed by atoms with Gasteiger partial charge in [0.1, 0.15) is 18.1 Å². The number of hydrogen-bond donors (Lipinski definition) is 8. The Balaban J connectivity index is 2.07. The summed E-state index contributed by atoms with van der Waals surface area (Å²) in [5.74, 6) is -3.47. The van der Waals surface area contributed by atoms with Crippen molar-refractivity contribution in [3.63, 3.8) is 0 Å². The highest BCUT2D eigenvalue weighted by molar-refractivity contribution is 5.94. The summed E-state index contributed by atoms with van der Waals surface area (Å²) in [6, 6.07) is 4.39. The molecule has 4 unspecified atom stereocenters. The number of carbonyl (C=O) groups is 4. The Hall–Kier alpha value is -3.81. The van der Waals surface area contributed by atoms with Crippen LogP contribution in [0.5, 0.6) is 0 Å². The summed E-state index contributed by atoms with van der Waals surface area (Å²) in [4.78, 5) is 56.7. The average molecular weight is 518 g/mol. The maximum atomic E-state index is 13.1. The van der Waals surface area contributed by atoms with Crippen LogP contribution in [0.25, 0.3) is 0 Å². The van der Waals surface area contributed by atoms with Gasteiger partial charge in [0, 0.05) is 18.3 Å². The van der Waals surface area contributed by atoms with Gasteiger partial charge in [-0.2, -0.15) is 0 Å². The number of aliphatic carboxylic acids is 1. The summed E-state index contributed by atoms with van der Waals surface area (Å²) in [5, 5.41) is 26.4. The molecule has 3 amide bonds. The van der Waals surface area contributed by atoms with Crippen LogP contribution in [-0.2, 0) is 32.0 Å². The van der Waals surface area contributed by atoms with Crippen LogP contribution in [0.1, 0.15) is 30.5 Å². The highest BCUT2D eigenvalue weighted by Gasteiger charge is 2.30. The number of rotatable bonds is 16. The molecule has 1 heterocycles. The molecular weight excluding hydrogens is 482 g/mol. The number of aliphatic hydroxyl groups is 1. The van der Waals surface area contributed by atoms with Crippen LogP contribution in [0.2, 0.25) is 0 Å². The van der Waals surface area contributed by atoms with Gasteiger partial charge in [0.15, 0.2) is 0 Å². The summed E-state index contributed by atoms with van der Waals surface area (Å²) in [6.45, 7) is -0.404. The lowest BCUT2D eigenvalue weighted by Crippen LogP contribution is -2.58. The number of carboxylic acids is 1. The smallest absolute Gasteiger partial charge is 0.326 e. The van der Waals surface area contributed by atoms with E-state index in [0.717, 1.165) is 5.56 Å². The van der Waals surface area contributed by atoms with Crippen molar-refractivity contribution in [2.45, 2.75) is 56.3 Å². The number of nitrogens with two attached hydrogens (primary N) is 2. The SMILES string of the molecule is NCCCCC(NC(=O)C(CO)NC(=O)C(Cc1cnc[nH]1)NC(=O)C(N)Cc1ccccc1)C(=O)O. The van der Waals surface area contributed by atoms with Gasteiger partial charge < -0.3 is 42.6 Å². The minimum atomic E-state index is -1.44. The van der Waals surface area contributed by atoms with E-state index in [2.05, 4.69) is 25.9 Å². The van der Waals surface area contributed by atoms with Gasteiger partial charge >= 0.3 is 5.97 Å². The van der Waals surface area contributed by atoms with E-state index in [-0.39, 0.29) is 19.3 Å². The van der Waals surface area contributed by atoms with Crippen molar-refractivity contribution in [1.29, 1.82) is 0 Å². The molecule has 0 aliphatic rings. The Bertz CT molecular complexity index is 1000. The minimum Gasteiger partial charge on any atom is -0.480 e. The first-order valence-electron chi connectivity index (χ1n) is 12.0. The molecule has 10 N–H and O–H groups in total. The number of nitrogens with zero attached hydrogens (tertiary/aromatic N) is 1. The number of nitrogens with one attached hydrogen (secondary N) is 4. The topological polar surface area (TPSA) is 226 Å². The fourth-order valence-electron chi connectivity index (χ4n) is 3.55. The molecule has 13 heteroatoms. The maximum Gasteiger partial charge on any atom is 0.326 e. The first-order valence-corrected chi connectivity index (χ1v) is 12.0. The van der Waals surface area contributed by atoms with Gasteiger partial charge in [-0.15, -0.1) is 0 Å². The minimum absolute atomic E-state index is 0.00619. The first kappa shape index (κ1) is 29.4. The fraction of sp³-hybridized carbons (Fsp3) is 0.458. The van der Waals surface area contributed by atoms with E-state index in [1.54, 1.807) is 0 Å². The standard InChI is InChI=1S/C24H35N7O6/c25-9-5-4-8-18(24(36)37)29-23(35)20(13-32)31-22(34)19(11-16-12-27-14-28-16)30-21(33)17(26)10-15-6-2-1-3-7-15/h1-3,6-7,12,14,17-20,32H,4-5,8-11,13,25-26H2,(H,27,28)(H,29,35)(H,30,33)(H,31,34)(H,36,37). The zero-order valence-electron chi connectivity index (χ0n) is 20.4. The van der Waals surface area contributed by atoms with Crippen LogP contribution >= 0.6 is 0 Å². The number of imidazole rings is 1. The van der Waals surface area contributed by atoms with Gasteiger partial charge in [0.25, 0.3) is 0 Å². The molecule has 1 aromatic carbocycles. The quantitative estimate of drug-likeness (QED) is 0.117. The number of unbranched alkanes of at least 4 members (excludes halogenated alkanes) is 1. The molecule has 0 spiro atoms. The molecule has 13 nitrogen and oxygen atoms in total. The number of H-pyrrole nitrogens is 1. The van der Waals surface area contributed by atoms with Gasteiger partial charge in [-0.3, -0.25) is 14.4 Å². The number of carboxylic acid groups (broad SMARTS) is 1. The first-order chi connectivity index (χ1) is 17.7. The predicted octanol–water partition coefficient (Wildman–Crippen LogP) is -1.82. The van der Waals surface area contributed by atoms with E-state index in [4.69, 9.17) is 11.5 Å². The predicted molar refractivity (Wildman–Crippen MR) is 134 cm³/mol. The largest absolute Gasteiger partial charge is 0.480 e. The van der Waals surface area contributed by atoms with Crippen LogP contribution < -0.4 is 27.4 Å². The summed E-state index contributed by atoms with van der Waals surface area (Å²) < 4.78 is 0. The average Bonchev–Trinajstić information content (AvgIpc) is 3.39. The molecular formula is C24H35N7O6. The number of amides is 3. The van der Waals surface area contributed by atoms with Gasteiger partial charge in [-0.05, 0) is 37.8 Å². The van der Waals surface area contributed by atoms with Crippen molar-refractivity contribution >= 4 is 23.7 Å². The lowest BCUT2D eigenvalue weighted by atomic mass is 10.0. The molecule has 0 fully saturated rings. The normalized spacial score (nSPS) is 14.1. The summed E-state index contributed by atoms with van der Waals surface area (Å²) in [5.41, 5.74) is 12.9. The molecule has 1 aromatic heterocycles. The van der Waals surface area contributed by atoms with E-state index >= 15 is 0 Å². The molecule has 37 heavy (non-hydrogen) atoms. The van der Waals surface area contributed by atoms with Crippen molar-refractivity contribution in [2.24, 2.45) is 11.5 Å². The van der Waals surface area contributed by atoms with E-state index in [0.29, 0.717) is 25.1 Å². The van der Waals surface area contributed by atoms with Crippen LogP contribution in [0.4, 0.5) is 0 Å². The number of benzene rings is 1. The molecule has 0 radical (unpaired) electrons. The second-order valence-electron chi connectivity index (χ2n) is 8.57. The maximum absolute atomic E-state index is 13.1. The monoisotopic (exact) mass is 517 g/mol. The van der Waals surface area contributed by atoms with Gasteiger partial charge in [-0.1, -0.05) is 30.3 Å². The van der Waals surface area contributed by atoms with Crippen LogP contribution in [0, 0.1) is 0 Å². The van der Waals surface area contributed by atoms with E-state index in [1.807, 2.05) is 30.3 Å². The van der Waals surface area contributed by atoms with Crippen molar-refractivity contribution in [2.75, 3.05) is 13.2 Å². The number of aromatic amines is 1. The third-order valence-electron chi connectivity index (χ3n) is 5.62. The molecule has 2 aromatic rings. The second-order valence-corrected chi connectivity index (χ2v) is 8.57. The van der Waals surface area contributed by atoms with Gasteiger partial charge in [0.2, 0.25) is 17.7 Å². The fourth-order valence-corrected chi connectivity index (χ4v) is 3.55. The molecule has 0 saturated heterocycles. The van der Waals surface area contributed by atoms with Crippen molar-refractivity contribution in [3.8, 4) is 0 Å². The molecule has 202 valence electrons. The third kappa shape index (κ3) is 9.99. The van der Waals surface area contributed by atoms with Gasteiger partial charge in [-0.25, -0.2) is 9.78 Å². The van der Waals surface area contributed by atoms with E-state index in [1.165, 1.54) is 12.5 Å². The lowest BCUT2D eigenvalue weighted by Gasteiger charge is -2.24. The molecule has 0 aliphatic heterocycles. The second kappa shape index (κ2) is 15.3. The van der Waals surface area contributed by atoms with E-state index in [9.17, 15) is 29.4 Å². The Morgan fingerprint density at radius 2 is 1.57 bits per heavy atom. The summed E-state index contributed by atoms with van der Waals surface area (Å²) in [6.07, 6.45) is 4.34. The van der Waals surface area contributed by atoms with Gasteiger partial charge in [0.05, 0.1) is 19.0 Å². The molecule has 0 aliphatic carbocycles. The molecule has 0 bridgehead atoms. The highest BCUT2D eigenvalue weighted by Crippen LogP contribution is 2.05. The Morgan fingerprint density at radius 1 is 0.919 bits per heavy atom. The van der Waals surface area contributed by atoms with Crippen LogP contribution in [-0.4, -0.2) is 81.2 Å². The number of aliphatic hydroxyl groups excluding tert-OH is 1. The van der Waals surface area contributed by atoms with Crippen molar-refractivity contribution in [1.82, 2.24) is 25.9 Å². The highest BCUT2D eigenvalue weighted by atomic mass is 16.4. The number of hydrogen-bond acceptors (Lipinski definition) is 8. The molecule has 4 atom stereocenters. The Labute approximate surface area is 214 Å². The Morgan fingerprint density at radius 3 is 2.16 bits per heavy atom. The van der Waals surface area contributed by atoms with Crippen LogP contribution in [0.3, 0.4) is 0 Å². The van der Waals surface area contributed by atoms with Crippen molar-refractivity contribution in [3.05, 3.63) is 54.1 Å². The molecule has 2 rings (SSSR count). The summed E-state index contributed by atoms with van der Waals surface area (Å²) in [7, 11) is 0. The Kier molecular flexibility index (Phi) is 12.2.